The van der Waals surface area contributed by atoms with Gasteiger partial charge in [0.15, 0.2) is 11.5 Å². The number of carbonyl (C=O) groups is 1. The first-order valence-corrected chi connectivity index (χ1v) is 8.52. The van der Waals surface area contributed by atoms with Crippen LogP contribution >= 0.6 is 0 Å². The Morgan fingerprint density at radius 3 is 2.58 bits per heavy atom. The van der Waals surface area contributed by atoms with Crippen molar-refractivity contribution in [2.75, 3.05) is 32.8 Å². The van der Waals surface area contributed by atoms with Gasteiger partial charge in [0, 0.05) is 12.5 Å². The second-order valence-corrected chi connectivity index (χ2v) is 6.12. The summed E-state index contributed by atoms with van der Waals surface area (Å²) in [7, 11) is 3.15. The van der Waals surface area contributed by atoms with Crippen LogP contribution in [0.1, 0.15) is 24.8 Å². The smallest absolute Gasteiger partial charge is 0.225 e. The first kappa shape index (κ1) is 17.9. The summed E-state index contributed by atoms with van der Waals surface area (Å²) in [5, 5.41) is 2.90. The highest BCUT2D eigenvalue weighted by Crippen LogP contribution is 2.34. The molecule has 0 saturated heterocycles. The minimum Gasteiger partial charge on any atom is -0.497 e. The van der Waals surface area contributed by atoms with Gasteiger partial charge in [-0.05, 0) is 35.7 Å². The van der Waals surface area contributed by atoms with Crippen molar-refractivity contribution in [2.45, 2.75) is 19.3 Å². The number of hydrogen-bond donors (Lipinski definition) is 1. The molecule has 0 aliphatic carbocycles. The highest BCUT2D eigenvalue weighted by Gasteiger charge is 2.17. The van der Waals surface area contributed by atoms with E-state index in [4.69, 9.17) is 18.9 Å². The van der Waals surface area contributed by atoms with Crippen LogP contribution in [0.25, 0.3) is 0 Å². The van der Waals surface area contributed by atoms with E-state index in [0.29, 0.717) is 36.8 Å². The van der Waals surface area contributed by atoms with Crippen LogP contribution in [0, 0.1) is 0 Å². The Morgan fingerprint density at radius 2 is 1.85 bits per heavy atom. The Morgan fingerprint density at radius 1 is 1.08 bits per heavy atom. The molecule has 0 bridgehead atoms. The van der Waals surface area contributed by atoms with Gasteiger partial charge in [-0.25, -0.2) is 0 Å². The first-order valence-electron chi connectivity index (χ1n) is 8.52. The maximum absolute atomic E-state index is 12.5. The van der Waals surface area contributed by atoms with Crippen molar-refractivity contribution >= 4 is 11.6 Å². The maximum Gasteiger partial charge on any atom is 0.225 e. The fraction of sp³-hybridized carbons (Fsp3) is 0.350. The zero-order valence-electron chi connectivity index (χ0n) is 15.2. The molecule has 6 heteroatoms. The molecule has 6 nitrogen and oxygen atoms in total. The van der Waals surface area contributed by atoms with E-state index < -0.39 is 0 Å². The Balaban J connectivity index is 1.68. The molecule has 1 unspecified atom stereocenters. The van der Waals surface area contributed by atoms with E-state index >= 15 is 0 Å². The standard InChI is InChI=1S/C20H23NO5/c1-13(14-4-6-18-19(11-14)26-9-8-25-18)10-20(22)21-16-12-15(23-2)5-7-17(16)24-3/h4-7,11-13H,8-10H2,1-3H3,(H,21,22). The van der Waals surface area contributed by atoms with Gasteiger partial charge in [0.2, 0.25) is 5.91 Å². The summed E-state index contributed by atoms with van der Waals surface area (Å²) in [5.41, 5.74) is 1.62. The molecule has 3 rings (SSSR count). The Bertz CT molecular complexity index is 790. The number of carbonyl (C=O) groups excluding carboxylic acids is 1. The Kier molecular flexibility index (Phi) is 5.51. The summed E-state index contributed by atoms with van der Waals surface area (Å²) in [6.07, 6.45) is 0.333. The number of hydrogen-bond acceptors (Lipinski definition) is 5. The third kappa shape index (κ3) is 4.02. The molecule has 0 spiro atoms. The number of anilines is 1. The van der Waals surface area contributed by atoms with Crippen molar-refractivity contribution in [1.82, 2.24) is 0 Å². The fourth-order valence-corrected chi connectivity index (χ4v) is 2.88. The lowest BCUT2D eigenvalue weighted by Gasteiger charge is -2.20. The molecule has 1 aliphatic heterocycles. The van der Waals surface area contributed by atoms with E-state index in [9.17, 15) is 4.79 Å². The van der Waals surface area contributed by atoms with Crippen LogP contribution in [0.5, 0.6) is 23.0 Å². The van der Waals surface area contributed by atoms with Crippen molar-refractivity contribution in [3.63, 3.8) is 0 Å². The molecule has 1 N–H and O–H groups in total. The summed E-state index contributed by atoms with van der Waals surface area (Å²) >= 11 is 0. The van der Waals surface area contributed by atoms with Crippen molar-refractivity contribution < 1.29 is 23.7 Å². The van der Waals surface area contributed by atoms with Crippen LogP contribution in [0.15, 0.2) is 36.4 Å². The molecule has 1 atom stereocenters. The minimum atomic E-state index is -0.0982. The SMILES string of the molecule is COc1ccc(OC)c(NC(=O)CC(C)c2ccc3c(c2)OCCO3)c1. The minimum absolute atomic E-state index is 0.0300. The molecule has 0 radical (unpaired) electrons. The molecule has 1 amide bonds. The highest BCUT2D eigenvalue weighted by molar-refractivity contribution is 5.93. The van der Waals surface area contributed by atoms with Gasteiger partial charge in [-0.3, -0.25) is 4.79 Å². The average Bonchev–Trinajstić information content (AvgIpc) is 2.67. The van der Waals surface area contributed by atoms with Gasteiger partial charge >= 0.3 is 0 Å². The van der Waals surface area contributed by atoms with E-state index in [1.54, 1.807) is 32.4 Å². The van der Waals surface area contributed by atoms with Crippen LogP contribution in [0.3, 0.4) is 0 Å². The number of methoxy groups -OCH3 is 2. The largest absolute Gasteiger partial charge is 0.497 e. The van der Waals surface area contributed by atoms with Crippen LogP contribution in [-0.2, 0) is 4.79 Å². The Hall–Kier alpha value is -2.89. The summed E-state index contributed by atoms with van der Waals surface area (Å²) < 4.78 is 21.7. The van der Waals surface area contributed by atoms with Gasteiger partial charge in [-0.15, -0.1) is 0 Å². The van der Waals surface area contributed by atoms with Crippen molar-refractivity contribution in [3.05, 3.63) is 42.0 Å². The summed E-state index contributed by atoms with van der Waals surface area (Å²) in [4.78, 5) is 12.5. The van der Waals surface area contributed by atoms with Crippen molar-refractivity contribution in [2.24, 2.45) is 0 Å². The molecule has 0 fully saturated rings. The van der Waals surface area contributed by atoms with Gasteiger partial charge in [0.1, 0.15) is 24.7 Å². The van der Waals surface area contributed by atoms with Crippen LogP contribution < -0.4 is 24.3 Å². The molecule has 0 aromatic heterocycles. The van der Waals surface area contributed by atoms with Gasteiger partial charge < -0.3 is 24.3 Å². The number of ether oxygens (including phenoxy) is 4. The monoisotopic (exact) mass is 357 g/mol. The number of nitrogens with one attached hydrogen (secondary N) is 1. The van der Waals surface area contributed by atoms with Crippen molar-refractivity contribution in [1.29, 1.82) is 0 Å². The Labute approximate surface area is 153 Å². The van der Waals surface area contributed by atoms with Gasteiger partial charge in [-0.2, -0.15) is 0 Å². The maximum atomic E-state index is 12.5. The lowest BCUT2D eigenvalue weighted by molar-refractivity contribution is -0.116. The molecular formula is C20H23NO5. The predicted molar refractivity (Wildman–Crippen MR) is 98.6 cm³/mol. The zero-order chi connectivity index (χ0) is 18.5. The lowest BCUT2D eigenvalue weighted by Crippen LogP contribution is -2.17. The molecule has 2 aromatic carbocycles. The number of benzene rings is 2. The molecule has 1 heterocycles. The summed E-state index contributed by atoms with van der Waals surface area (Å²) in [5.74, 6) is 2.65. The lowest BCUT2D eigenvalue weighted by atomic mass is 9.97. The van der Waals surface area contributed by atoms with Crippen LogP contribution in [0.4, 0.5) is 5.69 Å². The normalized spacial score (nSPS) is 13.7. The number of rotatable bonds is 6. The summed E-state index contributed by atoms with van der Waals surface area (Å²) in [6, 6.07) is 11.1. The third-order valence-electron chi connectivity index (χ3n) is 4.31. The quantitative estimate of drug-likeness (QED) is 0.855. The molecule has 0 saturated carbocycles. The van der Waals surface area contributed by atoms with Crippen molar-refractivity contribution in [3.8, 4) is 23.0 Å². The van der Waals surface area contributed by atoms with E-state index in [0.717, 1.165) is 17.1 Å². The number of amides is 1. The van der Waals surface area contributed by atoms with Crippen LogP contribution in [0.2, 0.25) is 0 Å². The van der Waals surface area contributed by atoms with E-state index in [1.807, 2.05) is 25.1 Å². The van der Waals surface area contributed by atoms with E-state index in [1.165, 1.54) is 0 Å². The number of fused-ring (bicyclic) bond motifs is 1. The second-order valence-electron chi connectivity index (χ2n) is 6.12. The third-order valence-corrected chi connectivity index (χ3v) is 4.31. The second kappa shape index (κ2) is 7.99. The molecule has 1 aliphatic rings. The van der Waals surface area contributed by atoms with Gasteiger partial charge in [0.05, 0.1) is 19.9 Å². The van der Waals surface area contributed by atoms with Crippen LogP contribution in [-0.4, -0.2) is 33.3 Å². The summed E-state index contributed by atoms with van der Waals surface area (Å²) in [6.45, 7) is 3.11. The van der Waals surface area contributed by atoms with Gasteiger partial charge in [0.25, 0.3) is 0 Å². The molecular weight excluding hydrogens is 334 g/mol. The fourth-order valence-electron chi connectivity index (χ4n) is 2.88. The zero-order valence-corrected chi connectivity index (χ0v) is 15.2. The van der Waals surface area contributed by atoms with Gasteiger partial charge in [-0.1, -0.05) is 13.0 Å². The molecule has 138 valence electrons. The topological polar surface area (TPSA) is 66.0 Å². The molecule has 26 heavy (non-hydrogen) atoms. The predicted octanol–water partition coefficient (Wildman–Crippen LogP) is 3.61. The average molecular weight is 357 g/mol. The van der Waals surface area contributed by atoms with E-state index in [2.05, 4.69) is 5.32 Å². The first-order chi connectivity index (χ1) is 12.6. The van der Waals surface area contributed by atoms with E-state index in [-0.39, 0.29) is 11.8 Å². The highest BCUT2D eigenvalue weighted by atomic mass is 16.6. The molecule has 2 aromatic rings.